The van der Waals surface area contributed by atoms with E-state index in [9.17, 15) is 4.79 Å². The molecule has 0 spiro atoms. The summed E-state index contributed by atoms with van der Waals surface area (Å²) in [6.45, 7) is 3.57. The molecule has 3 nitrogen and oxygen atoms in total. The summed E-state index contributed by atoms with van der Waals surface area (Å²) in [5.74, 6) is 0.0341. The van der Waals surface area contributed by atoms with Gasteiger partial charge in [-0.1, -0.05) is 78.7 Å². The van der Waals surface area contributed by atoms with Crippen LogP contribution in [0.1, 0.15) is 47.1 Å². The number of nitrogens with zero attached hydrogens (tertiary/aromatic N) is 1. The molecule has 0 saturated heterocycles. The highest BCUT2D eigenvalue weighted by Crippen LogP contribution is 2.37. The molecule has 1 N–H and O–H groups in total. The number of nitrogens with one attached hydrogen (secondary N) is 1. The summed E-state index contributed by atoms with van der Waals surface area (Å²) in [5.41, 5.74) is 7.10. The second kappa shape index (κ2) is 9.24. The van der Waals surface area contributed by atoms with Crippen LogP contribution in [0, 0.1) is 0 Å². The van der Waals surface area contributed by atoms with Gasteiger partial charge >= 0.3 is 0 Å². The third-order valence-electron chi connectivity index (χ3n) is 6.80. The summed E-state index contributed by atoms with van der Waals surface area (Å²) >= 11 is 12.6. The lowest BCUT2D eigenvalue weighted by atomic mass is 9.87. The van der Waals surface area contributed by atoms with Gasteiger partial charge in [-0.25, -0.2) is 0 Å². The zero-order chi connectivity index (χ0) is 22.9. The summed E-state index contributed by atoms with van der Waals surface area (Å²) in [4.78, 5) is 19.0. The molecule has 4 aromatic rings. The lowest BCUT2D eigenvalue weighted by Crippen LogP contribution is -2.36. The van der Waals surface area contributed by atoms with E-state index in [1.807, 2.05) is 29.2 Å². The number of fused-ring (bicyclic) bond motifs is 2. The zero-order valence-electron chi connectivity index (χ0n) is 18.6. The molecule has 0 radical (unpaired) electrons. The van der Waals surface area contributed by atoms with Gasteiger partial charge in [-0.05, 0) is 52.8 Å². The predicted octanol–water partition coefficient (Wildman–Crippen LogP) is 7.14. The number of benzene rings is 3. The van der Waals surface area contributed by atoms with Crippen LogP contribution in [0.15, 0.2) is 66.9 Å². The number of aryl methyl sites for hydroxylation is 1. The predicted molar refractivity (Wildman–Crippen MR) is 136 cm³/mol. The van der Waals surface area contributed by atoms with Crippen LogP contribution in [0.3, 0.4) is 0 Å². The van der Waals surface area contributed by atoms with Crippen LogP contribution in [-0.4, -0.2) is 22.3 Å². The number of aromatic amines is 1. The first kappa shape index (κ1) is 22.1. The smallest absolute Gasteiger partial charge is 0.223 e. The van der Waals surface area contributed by atoms with Crippen molar-refractivity contribution in [3.63, 3.8) is 0 Å². The van der Waals surface area contributed by atoms with Crippen molar-refractivity contribution < 1.29 is 4.79 Å². The normalized spacial score (nSPS) is 14.3. The highest BCUT2D eigenvalue weighted by molar-refractivity contribution is 6.42. The minimum atomic E-state index is -0.120. The van der Waals surface area contributed by atoms with Gasteiger partial charge in [-0.2, -0.15) is 0 Å². The maximum absolute atomic E-state index is 13.6. The Balaban J connectivity index is 1.51. The molecule has 3 aromatic carbocycles. The van der Waals surface area contributed by atoms with E-state index < -0.39 is 0 Å². The quantitative estimate of drug-likeness (QED) is 0.326. The zero-order valence-corrected chi connectivity index (χ0v) is 20.1. The number of hydrogen-bond acceptors (Lipinski definition) is 1. The molecule has 1 aliphatic rings. The molecular weight excluding hydrogens is 451 g/mol. The molecule has 2 heterocycles. The van der Waals surface area contributed by atoms with Gasteiger partial charge in [0.2, 0.25) is 5.91 Å². The molecule has 0 fully saturated rings. The van der Waals surface area contributed by atoms with Crippen LogP contribution in [0.25, 0.3) is 10.9 Å². The fraction of sp³-hybridized carbons (Fsp3) is 0.250. The summed E-state index contributed by atoms with van der Waals surface area (Å²) in [6.07, 6.45) is 4.27. The number of hydrogen-bond donors (Lipinski definition) is 1. The number of para-hydroxylation sites is 1. The first-order chi connectivity index (χ1) is 16.0. The maximum Gasteiger partial charge on any atom is 0.223 e. The van der Waals surface area contributed by atoms with E-state index in [2.05, 4.69) is 54.5 Å². The second-order valence-electron chi connectivity index (χ2n) is 8.70. The molecule has 0 bridgehead atoms. The number of aromatic nitrogens is 1. The lowest BCUT2D eigenvalue weighted by molar-refractivity contribution is -0.132. The number of amides is 1. The van der Waals surface area contributed by atoms with Crippen molar-refractivity contribution in [2.24, 2.45) is 0 Å². The molecule has 1 atom stereocenters. The van der Waals surface area contributed by atoms with Crippen molar-refractivity contribution in [3.8, 4) is 0 Å². The van der Waals surface area contributed by atoms with Gasteiger partial charge in [0.25, 0.3) is 0 Å². The molecule has 1 aromatic heterocycles. The Morgan fingerprint density at radius 3 is 2.64 bits per heavy atom. The molecule has 0 aliphatic carbocycles. The van der Waals surface area contributed by atoms with Gasteiger partial charge in [0.15, 0.2) is 0 Å². The average molecular weight is 477 g/mol. The molecule has 5 rings (SSSR count). The van der Waals surface area contributed by atoms with Gasteiger partial charge in [0.1, 0.15) is 0 Å². The third-order valence-corrected chi connectivity index (χ3v) is 7.54. The monoisotopic (exact) mass is 476 g/mol. The van der Waals surface area contributed by atoms with Crippen LogP contribution < -0.4 is 0 Å². The third kappa shape index (κ3) is 4.28. The van der Waals surface area contributed by atoms with Gasteiger partial charge in [-0.15, -0.1) is 0 Å². The van der Waals surface area contributed by atoms with Crippen molar-refractivity contribution in [3.05, 3.63) is 105 Å². The fourth-order valence-corrected chi connectivity index (χ4v) is 5.28. The highest BCUT2D eigenvalue weighted by atomic mass is 35.5. The topological polar surface area (TPSA) is 36.1 Å². The molecule has 0 saturated carbocycles. The standard InChI is InChI=1S/C28H26Cl2N2O/c1-2-18-8-5-9-22-24(16-31-28(18)22)23(20-10-11-25(29)26(30)14-20)15-27(33)32-13-12-19-6-3-4-7-21(19)17-32/h3-11,14,16,23,31H,2,12-13,15,17H2,1H3. The lowest BCUT2D eigenvalue weighted by Gasteiger charge is -2.30. The van der Waals surface area contributed by atoms with Crippen molar-refractivity contribution in [1.82, 2.24) is 9.88 Å². The average Bonchev–Trinajstić information content (AvgIpc) is 3.28. The maximum atomic E-state index is 13.6. The first-order valence-corrected chi connectivity index (χ1v) is 12.2. The van der Waals surface area contributed by atoms with Crippen molar-refractivity contribution in [1.29, 1.82) is 0 Å². The molecule has 1 unspecified atom stereocenters. The summed E-state index contributed by atoms with van der Waals surface area (Å²) in [7, 11) is 0. The largest absolute Gasteiger partial charge is 0.361 e. The minimum Gasteiger partial charge on any atom is -0.361 e. The van der Waals surface area contributed by atoms with Gasteiger partial charge in [0.05, 0.1) is 10.0 Å². The van der Waals surface area contributed by atoms with E-state index in [1.54, 1.807) is 0 Å². The van der Waals surface area contributed by atoms with Crippen molar-refractivity contribution in [2.45, 2.75) is 38.6 Å². The molecule has 1 amide bonds. The summed E-state index contributed by atoms with van der Waals surface area (Å²) < 4.78 is 0. The van der Waals surface area contributed by atoms with E-state index in [0.717, 1.165) is 41.4 Å². The molecule has 33 heavy (non-hydrogen) atoms. The Kier molecular flexibility index (Phi) is 6.18. The van der Waals surface area contributed by atoms with Crippen LogP contribution in [0.4, 0.5) is 0 Å². The number of rotatable bonds is 5. The van der Waals surface area contributed by atoms with E-state index in [1.165, 1.54) is 16.7 Å². The van der Waals surface area contributed by atoms with Crippen molar-refractivity contribution >= 4 is 40.0 Å². The first-order valence-electron chi connectivity index (χ1n) is 11.4. The van der Waals surface area contributed by atoms with E-state index in [-0.39, 0.29) is 11.8 Å². The Bertz CT molecular complexity index is 1330. The Labute approximate surface area is 204 Å². The van der Waals surface area contributed by atoms with E-state index in [0.29, 0.717) is 23.0 Å². The van der Waals surface area contributed by atoms with E-state index >= 15 is 0 Å². The summed E-state index contributed by atoms with van der Waals surface area (Å²) in [5, 5.41) is 2.18. The van der Waals surface area contributed by atoms with Crippen molar-refractivity contribution in [2.75, 3.05) is 6.54 Å². The van der Waals surface area contributed by atoms with Crippen LogP contribution in [0.5, 0.6) is 0 Å². The Hall–Kier alpha value is -2.75. The van der Waals surface area contributed by atoms with Crippen LogP contribution >= 0.6 is 23.2 Å². The Morgan fingerprint density at radius 1 is 1.03 bits per heavy atom. The molecule has 1 aliphatic heterocycles. The molecular formula is C28H26Cl2N2O. The Morgan fingerprint density at radius 2 is 1.85 bits per heavy atom. The second-order valence-corrected chi connectivity index (χ2v) is 9.52. The van der Waals surface area contributed by atoms with Crippen LogP contribution in [-0.2, 0) is 24.2 Å². The minimum absolute atomic E-state index is 0.120. The number of H-pyrrole nitrogens is 1. The van der Waals surface area contributed by atoms with Gasteiger partial charge < -0.3 is 9.88 Å². The fourth-order valence-electron chi connectivity index (χ4n) is 4.97. The highest BCUT2D eigenvalue weighted by Gasteiger charge is 2.27. The SMILES string of the molecule is CCc1cccc2c(C(CC(=O)N3CCc4ccccc4C3)c3ccc(Cl)c(Cl)c3)c[nH]c12. The number of carbonyl (C=O) groups excluding carboxylic acids is 1. The number of halogens is 2. The number of carbonyl (C=O) groups is 1. The van der Waals surface area contributed by atoms with Crippen LogP contribution in [0.2, 0.25) is 10.0 Å². The molecule has 168 valence electrons. The van der Waals surface area contributed by atoms with Gasteiger partial charge in [-0.3, -0.25) is 4.79 Å². The van der Waals surface area contributed by atoms with Gasteiger partial charge in [0, 0.05) is 42.5 Å². The van der Waals surface area contributed by atoms with E-state index in [4.69, 9.17) is 23.2 Å². The molecule has 5 heteroatoms. The summed E-state index contributed by atoms with van der Waals surface area (Å²) in [6, 6.07) is 20.5.